The molecule has 16 heteroatoms. The van der Waals surface area contributed by atoms with Crippen LogP contribution in [0.5, 0.6) is 0 Å². The number of carbonyl (C=O) groups excluding carboxylic acids is 3. The van der Waals surface area contributed by atoms with Crippen LogP contribution in [0.4, 0.5) is 0 Å². The third-order valence-electron chi connectivity index (χ3n) is 6.54. The summed E-state index contributed by atoms with van der Waals surface area (Å²) in [5.74, 6) is -4.29. The van der Waals surface area contributed by atoms with Gasteiger partial charge in [-0.05, 0) is 49.3 Å². The van der Waals surface area contributed by atoms with E-state index in [1.165, 1.54) is 11.8 Å². The van der Waals surface area contributed by atoms with E-state index in [0.717, 1.165) is 10.9 Å². The zero-order valence-corrected chi connectivity index (χ0v) is 24.7. The molecule has 0 saturated heterocycles. The molecule has 2 aromatic rings. The van der Waals surface area contributed by atoms with Crippen molar-refractivity contribution in [3.05, 3.63) is 36.0 Å². The molecule has 0 fully saturated rings. The Kier molecular flexibility index (Phi) is 14.3. The second-order valence-corrected chi connectivity index (χ2v) is 10.8. The number of hydrogen-bond acceptors (Lipinski definition) is 8. The fourth-order valence-corrected chi connectivity index (χ4v) is 4.72. The quantitative estimate of drug-likeness (QED) is 0.0535. The van der Waals surface area contributed by atoms with E-state index in [2.05, 4.69) is 25.9 Å². The predicted molar refractivity (Wildman–Crippen MR) is 163 cm³/mol. The Morgan fingerprint density at radius 1 is 0.930 bits per heavy atom. The highest BCUT2D eigenvalue weighted by molar-refractivity contribution is 7.98. The van der Waals surface area contributed by atoms with Crippen molar-refractivity contribution in [3.63, 3.8) is 0 Å². The third kappa shape index (κ3) is 11.8. The molecule has 1 aromatic heterocycles. The summed E-state index contributed by atoms with van der Waals surface area (Å²) in [5, 5.41) is 27.3. The molecule has 0 radical (unpaired) electrons. The van der Waals surface area contributed by atoms with Gasteiger partial charge in [-0.2, -0.15) is 11.8 Å². The van der Waals surface area contributed by atoms with Crippen molar-refractivity contribution in [2.24, 2.45) is 22.2 Å². The number of nitrogens with zero attached hydrogens (tertiary/aromatic N) is 1. The van der Waals surface area contributed by atoms with Gasteiger partial charge >= 0.3 is 11.9 Å². The molecule has 4 unspecified atom stereocenters. The number of rotatable bonds is 19. The van der Waals surface area contributed by atoms with Gasteiger partial charge in [-0.1, -0.05) is 18.2 Å². The van der Waals surface area contributed by atoms with E-state index in [4.69, 9.17) is 17.2 Å². The second kappa shape index (κ2) is 17.6. The number of nitrogens with one attached hydrogen (secondary N) is 4. The third-order valence-corrected chi connectivity index (χ3v) is 7.19. The predicted octanol–water partition coefficient (Wildman–Crippen LogP) is -0.752. The van der Waals surface area contributed by atoms with E-state index < -0.39 is 60.2 Å². The number of hydrogen-bond donors (Lipinski definition) is 9. The Labute approximate surface area is 252 Å². The molecule has 0 aliphatic heterocycles. The van der Waals surface area contributed by atoms with Gasteiger partial charge in [0, 0.05) is 36.5 Å². The number of carboxylic acids is 2. The van der Waals surface area contributed by atoms with Crippen molar-refractivity contribution in [1.82, 2.24) is 20.9 Å². The zero-order valence-electron chi connectivity index (χ0n) is 23.9. The molecule has 1 heterocycles. The lowest BCUT2D eigenvalue weighted by molar-refractivity contribution is -0.143. The maximum atomic E-state index is 13.3. The molecule has 3 amide bonds. The first-order valence-electron chi connectivity index (χ1n) is 13.6. The number of fused-ring (bicyclic) bond motifs is 1. The van der Waals surface area contributed by atoms with Gasteiger partial charge in [-0.3, -0.25) is 24.2 Å². The van der Waals surface area contributed by atoms with Crippen LogP contribution in [0.2, 0.25) is 0 Å². The number of aliphatic carboxylic acids is 2. The molecule has 0 aliphatic carbocycles. The number of thioether (sulfide) groups is 1. The fraction of sp³-hybridized carbons (Fsp3) is 0.481. The fourth-order valence-electron chi connectivity index (χ4n) is 4.23. The lowest BCUT2D eigenvalue weighted by Crippen LogP contribution is -2.57. The number of aliphatic imine (C=N–C) groups is 1. The lowest BCUT2D eigenvalue weighted by Gasteiger charge is -2.25. The van der Waals surface area contributed by atoms with Crippen LogP contribution >= 0.6 is 11.8 Å². The molecule has 2 rings (SSSR count). The molecule has 4 atom stereocenters. The van der Waals surface area contributed by atoms with Crippen LogP contribution in [0.15, 0.2) is 35.5 Å². The van der Waals surface area contributed by atoms with Crippen molar-refractivity contribution in [1.29, 1.82) is 0 Å². The molecular formula is C27H40N8O7S. The molecule has 1 aromatic carbocycles. The highest BCUT2D eigenvalue weighted by Gasteiger charge is 2.31. The van der Waals surface area contributed by atoms with Crippen LogP contribution in [-0.4, -0.2) is 93.5 Å². The van der Waals surface area contributed by atoms with Crippen molar-refractivity contribution in [2.45, 2.75) is 62.7 Å². The van der Waals surface area contributed by atoms with Crippen molar-refractivity contribution >= 4 is 58.3 Å². The molecule has 236 valence electrons. The minimum atomic E-state index is -1.41. The number of aromatic nitrogens is 1. The normalized spacial score (nSPS) is 13.7. The number of nitrogens with two attached hydrogens (primary N) is 3. The molecule has 0 spiro atoms. The number of aromatic amines is 1. The number of carbonyl (C=O) groups is 5. The number of amides is 3. The number of para-hydroxylation sites is 1. The van der Waals surface area contributed by atoms with Gasteiger partial charge in [-0.25, -0.2) is 4.79 Å². The number of H-pyrrole nitrogens is 1. The summed E-state index contributed by atoms with van der Waals surface area (Å²) in [7, 11) is 0. The summed E-state index contributed by atoms with van der Waals surface area (Å²) < 4.78 is 0. The standard InChI is InChI=1S/C27H40N8O7S/c1-43-12-10-17(28)23(38)33-19(7-4-11-31-27(29)30)24(39)34-20(8-9-22(36)37)25(40)35-21(26(41)42)13-15-14-32-18-6-3-2-5-16(15)18/h2-3,5-6,14,17,19-21,32H,4,7-13,28H2,1H3,(H,33,38)(H,34,39)(H,35,40)(H,36,37)(H,41,42)(H4,29,30,31). The van der Waals surface area contributed by atoms with E-state index in [1.54, 1.807) is 12.3 Å². The average molecular weight is 621 g/mol. The van der Waals surface area contributed by atoms with Crippen molar-refractivity contribution in [3.8, 4) is 0 Å². The van der Waals surface area contributed by atoms with Gasteiger partial charge in [0.25, 0.3) is 0 Å². The van der Waals surface area contributed by atoms with Gasteiger partial charge in [0.2, 0.25) is 17.7 Å². The Hall–Kier alpha value is -4.31. The topological polar surface area (TPSA) is 268 Å². The van der Waals surface area contributed by atoms with Gasteiger partial charge in [0.1, 0.15) is 18.1 Å². The SMILES string of the molecule is CSCCC(N)C(=O)NC(CCCN=C(N)N)C(=O)NC(CCC(=O)O)C(=O)NC(Cc1c[nH]c2ccccc12)C(=O)O. The van der Waals surface area contributed by atoms with Crippen LogP contribution in [0, 0.1) is 0 Å². The Morgan fingerprint density at radius 2 is 1.56 bits per heavy atom. The van der Waals surface area contributed by atoms with E-state index in [-0.39, 0.29) is 38.2 Å². The van der Waals surface area contributed by atoms with Gasteiger partial charge in [-0.15, -0.1) is 0 Å². The molecule has 12 N–H and O–H groups in total. The molecule has 43 heavy (non-hydrogen) atoms. The summed E-state index contributed by atoms with van der Waals surface area (Å²) in [5.41, 5.74) is 18.1. The van der Waals surface area contributed by atoms with Crippen LogP contribution in [0.1, 0.15) is 37.7 Å². The summed E-state index contributed by atoms with van der Waals surface area (Å²) in [6, 6.07) is 2.45. The van der Waals surface area contributed by atoms with Crippen LogP contribution < -0.4 is 33.2 Å². The second-order valence-electron chi connectivity index (χ2n) is 9.85. The molecule has 0 bridgehead atoms. The first kappa shape index (κ1) is 34.9. The average Bonchev–Trinajstić information content (AvgIpc) is 3.37. The first-order chi connectivity index (χ1) is 20.4. The van der Waals surface area contributed by atoms with Crippen molar-refractivity contribution in [2.75, 3.05) is 18.6 Å². The van der Waals surface area contributed by atoms with E-state index in [0.29, 0.717) is 17.7 Å². The summed E-state index contributed by atoms with van der Waals surface area (Å²) in [4.78, 5) is 69.6. The zero-order chi connectivity index (χ0) is 31.9. The van der Waals surface area contributed by atoms with E-state index in [1.807, 2.05) is 24.5 Å². The van der Waals surface area contributed by atoms with Crippen LogP contribution in [0.3, 0.4) is 0 Å². The monoisotopic (exact) mass is 620 g/mol. The van der Waals surface area contributed by atoms with Gasteiger partial charge in [0.15, 0.2) is 5.96 Å². The smallest absolute Gasteiger partial charge is 0.326 e. The molecule has 15 nitrogen and oxygen atoms in total. The summed E-state index contributed by atoms with van der Waals surface area (Å²) in [6.07, 6.45) is 3.36. The Bertz CT molecular complexity index is 1300. The highest BCUT2D eigenvalue weighted by atomic mass is 32.2. The maximum absolute atomic E-state index is 13.3. The van der Waals surface area contributed by atoms with E-state index >= 15 is 0 Å². The van der Waals surface area contributed by atoms with Crippen molar-refractivity contribution < 1.29 is 34.2 Å². The minimum Gasteiger partial charge on any atom is -0.481 e. The summed E-state index contributed by atoms with van der Waals surface area (Å²) >= 11 is 1.51. The Balaban J connectivity index is 2.21. The maximum Gasteiger partial charge on any atom is 0.326 e. The van der Waals surface area contributed by atoms with Gasteiger partial charge in [0.05, 0.1) is 6.04 Å². The lowest BCUT2D eigenvalue weighted by atomic mass is 10.0. The Morgan fingerprint density at radius 3 is 2.19 bits per heavy atom. The molecule has 0 aliphatic rings. The molecular weight excluding hydrogens is 580 g/mol. The first-order valence-corrected chi connectivity index (χ1v) is 15.0. The number of carboxylic acid groups (broad SMARTS) is 2. The minimum absolute atomic E-state index is 0.0674. The largest absolute Gasteiger partial charge is 0.481 e. The van der Waals surface area contributed by atoms with Gasteiger partial charge < -0.3 is 48.3 Å². The van der Waals surface area contributed by atoms with Crippen LogP contribution in [-0.2, 0) is 30.4 Å². The van der Waals surface area contributed by atoms with E-state index in [9.17, 15) is 34.2 Å². The molecule has 0 saturated carbocycles. The number of benzene rings is 1. The van der Waals surface area contributed by atoms with Crippen LogP contribution in [0.25, 0.3) is 10.9 Å². The highest BCUT2D eigenvalue weighted by Crippen LogP contribution is 2.19. The number of guanidine groups is 1. The summed E-state index contributed by atoms with van der Waals surface area (Å²) in [6.45, 7) is 0.164.